The zero-order valence-electron chi connectivity index (χ0n) is 14.2. The highest BCUT2D eigenvalue weighted by Crippen LogP contribution is 2.40. The van der Waals surface area contributed by atoms with Crippen LogP contribution < -0.4 is 20.1 Å². The summed E-state index contributed by atoms with van der Waals surface area (Å²) in [6.45, 7) is 2.00. The second-order valence-corrected chi connectivity index (χ2v) is 6.64. The summed E-state index contributed by atoms with van der Waals surface area (Å²) in [4.78, 5) is 12.4. The van der Waals surface area contributed by atoms with Gasteiger partial charge in [-0.1, -0.05) is 15.9 Å². The monoisotopic (exact) mass is 402 g/mol. The van der Waals surface area contributed by atoms with E-state index in [9.17, 15) is 4.79 Å². The van der Waals surface area contributed by atoms with Gasteiger partial charge in [-0.15, -0.1) is 0 Å². The molecule has 1 unspecified atom stereocenters. The van der Waals surface area contributed by atoms with E-state index < -0.39 is 0 Å². The van der Waals surface area contributed by atoms with Crippen LogP contribution in [0.15, 0.2) is 46.9 Å². The second kappa shape index (κ2) is 7.19. The van der Waals surface area contributed by atoms with E-state index in [1.807, 2.05) is 43.3 Å². The Morgan fingerprint density at radius 3 is 2.40 bits per heavy atom. The molecule has 0 saturated carbocycles. The van der Waals surface area contributed by atoms with Crippen LogP contribution in [-0.4, -0.2) is 26.2 Å². The lowest BCUT2D eigenvalue weighted by Gasteiger charge is -2.13. The molecular weight excluding hydrogens is 384 g/mol. The number of methoxy groups -OCH3 is 2. The molecule has 2 N–H and O–H groups in total. The largest absolute Gasteiger partial charge is 0.493 e. The lowest BCUT2D eigenvalue weighted by Crippen LogP contribution is -2.14. The Bertz CT molecular complexity index is 831. The predicted octanol–water partition coefficient (Wildman–Crippen LogP) is 4.30. The van der Waals surface area contributed by atoms with Crippen molar-refractivity contribution in [3.63, 3.8) is 0 Å². The summed E-state index contributed by atoms with van der Waals surface area (Å²) in [5.74, 6) is 1.05. The van der Waals surface area contributed by atoms with Crippen LogP contribution in [0.1, 0.15) is 12.5 Å². The summed E-state index contributed by atoms with van der Waals surface area (Å²) in [6.07, 6.45) is 1.91. The van der Waals surface area contributed by atoms with E-state index in [0.717, 1.165) is 21.4 Å². The highest BCUT2D eigenvalue weighted by Gasteiger charge is 2.27. The first-order chi connectivity index (χ1) is 12.0. The zero-order chi connectivity index (χ0) is 18.0. The Kier molecular flexibility index (Phi) is 4.99. The Labute approximate surface area is 155 Å². The van der Waals surface area contributed by atoms with Gasteiger partial charge in [0.05, 0.1) is 19.9 Å². The Morgan fingerprint density at radius 2 is 1.76 bits per heavy atom. The molecule has 0 aliphatic carbocycles. The van der Waals surface area contributed by atoms with E-state index in [4.69, 9.17) is 9.47 Å². The first kappa shape index (κ1) is 17.4. The Hall–Kier alpha value is -2.47. The molecule has 0 radical (unpaired) electrons. The summed E-state index contributed by atoms with van der Waals surface area (Å²) in [5, 5.41) is 6.24. The first-order valence-electron chi connectivity index (χ1n) is 7.83. The number of anilines is 2. The number of hydrogen-bond donors (Lipinski definition) is 2. The number of benzene rings is 2. The van der Waals surface area contributed by atoms with Crippen LogP contribution >= 0.6 is 15.9 Å². The highest BCUT2D eigenvalue weighted by atomic mass is 79.9. The second-order valence-electron chi connectivity index (χ2n) is 5.73. The van der Waals surface area contributed by atoms with Crippen molar-refractivity contribution in [3.8, 4) is 11.5 Å². The number of halogens is 1. The number of amides is 1. The van der Waals surface area contributed by atoms with Crippen molar-refractivity contribution in [1.82, 2.24) is 0 Å². The van der Waals surface area contributed by atoms with Gasteiger partial charge in [0.2, 0.25) is 0 Å². The molecule has 0 saturated heterocycles. The molecule has 130 valence electrons. The normalized spacial score (nSPS) is 15.5. The topological polar surface area (TPSA) is 59.6 Å². The summed E-state index contributed by atoms with van der Waals surface area (Å²) in [5.41, 5.74) is 3.14. The van der Waals surface area contributed by atoms with Crippen molar-refractivity contribution in [3.05, 3.63) is 52.5 Å². The van der Waals surface area contributed by atoms with Gasteiger partial charge in [-0.25, -0.2) is 0 Å². The van der Waals surface area contributed by atoms with E-state index in [2.05, 4.69) is 26.6 Å². The van der Waals surface area contributed by atoms with E-state index in [1.165, 1.54) is 0 Å². The van der Waals surface area contributed by atoms with Crippen LogP contribution in [-0.2, 0) is 4.79 Å². The van der Waals surface area contributed by atoms with Crippen LogP contribution in [0, 0.1) is 0 Å². The fourth-order valence-corrected chi connectivity index (χ4v) is 3.05. The first-order valence-corrected chi connectivity index (χ1v) is 8.62. The fourth-order valence-electron chi connectivity index (χ4n) is 2.78. The summed E-state index contributed by atoms with van der Waals surface area (Å²) < 4.78 is 11.7. The van der Waals surface area contributed by atoms with Crippen LogP contribution in [0.3, 0.4) is 0 Å². The number of nitrogens with one attached hydrogen (secondary N) is 2. The Balaban J connectivity index is 1.88. The summed E-state index contributed by atoms with van der Waals surface area (Å²) >= 11 is 3.42. The molecule has 1 amide bonds. The maximum Gasteiger partial charge on any atom is 0.256 e. The van der Waals surface area contributed by atoms with Crippen LogP contribution in [0.5, 0.6) is 11.5 Å². The van der Waals surface area contributed by atoms with Crippen LogP contribution in [0.25, 0.3) is 5.57 Å². The molecule has 6 heteroatoms. The third kappa shape index (κ3) is 3.64. The molecule has 1 heterocycles. The van der Waals surface area contributed by atoms with Crippen molar-refractivity contribution in [2.75, 3.05) is 24.9 Å². The minimum atomic E-state index is -0.130. The molecule has 3 rings (SSSR count). The van der Waals surface area contributed by atoms with Crippen molar-refractivity contribution in [2.24, 2.45) is 0 Å². The van der Waals surface area contributed by atoms with Crippen LogP contribution in [0.4, 0.5) is 11.4 Å². The molecular formula is C19H19BrN2O3. The molecule has 0 aromatic heterocycles. The van der Waals surface area contributed by atoms with Crippen molar-refractivity contribution in [1.29, 1.82) is 0 Å². The van der Waals surface area contributed by atoms with Gasteiger partial charge in [-0.2, -0.15) is 0 Å². The average molecular weight is 403 g/mol. The van der Waals surface area contributed by atoms with Gasteiger partial charge in [0.25, 0.3) is 5.91 Å². The molecule has 1 aliphatic rings. The lowest BCUT2D eigenvalue weighted by molar-refractivity contribution is -0.110. The summed E-state index contributed by atoms with van der Waals surface area (Å²) in [6, 6.07) is 11.5. The number of carbonyl (C=O) groups excluding carboxylic acids is 1. The quantitative estimate of drug-likeness (QED) is 0.731. The number of rotatable bonds is 5. The van der Waals surface area contributed by atoms with Gasteiger partial charge < -0.3 is 20.1 Å². The molecule has 1 aliphatic heterocycles. The van der Waals surface area contributed by atoms with E-state index >= 15 is 0 Å². The maximum absolute atomic E-state index is 12.4. The van der Waals surface area contributed by atoms with Crippen molar-refractivity contribution < 1.29 is 14.3 Å². The standard InChI is InChI=1S/C19H19BrN2O3/c1-11(21-13-6-4-12(20)5-7-13)8-15-14-9-17(24-2)18(25-3)10-16(14)22-19(15)23/h4-11,21H,1-3H3,(H,22,23). The minimum Gasteiger partial charge on any atom is -0.493 e. The van der Waals surface area contributed by atoms with Crippen molar-refractivity contribution >= 4 is 38.8 Å². The van der Waals surface area contributed by atoms with E-state index in [0.29, 0.717) is 17.1 Å². The van der Waals surface area contributed by atoms with E-state index in [-0.39, 0.29) is 11.9 Å². The fraction of sp³-hybridized carbons (Fsp3) is 0.211. The van der Waals surface area contributed by atoms with Gasteiger partial charge in [0, 0.05) is 33.4 Å². The molecule has 5 nitrogen and oxygen atoms in total. The number of fused-ring (bicyclic) bond motifs is 1. The van der Waals surface area contributed by atoms with E-state index in [1.54, 1.807) is 20.3 Å². The predicted molar refractivity (Wildman–Crippen MR) is 103 cm³/mol. The molecule has 0 bridgehead atoms. The third-order valence-electron chi connectivity index (χ3n) is 3.96. The maximum atomic E-state index is 12.4. The van der Waals surface area contributed by atoms with Gasteiger partial charge >= 0.3 is 0 Å². The van der Waals surface area contributed by atoms with Gasteiger partial charge in [0.15, 0.2) is 11.5 Å². The van der Waals surface area contributed by atoms with Crippen molar-refractivity contribution in [2.45, 2.75) is 13.0 Å². The smallest absolute Gasteiger partial charge is 0.256 e. The molecule has 0 fully saturated rings. The molecule has 2 aromatic rings. The van der Waals surface area contributed by atoms with Gasteiger partial charge in [-0.3, -0.25) is 4.79 Å². The summed E-state index contributed by atoms with van der Waals surface area (Å²) in [7, 11) is 3.15. The molecule has 1 atom stereocenters. The van der Waals surface area contributed by atoms with Gasteiger partial charge in [0.1, 0.15) is 0 Å². The third-order valence-corrected chi connectivity index (χ3v) is 4.49. The number of ether oxygens (including phenoxy) is 2. The van der Waals surface area contributed by atoms with Gasteiger partial charge in [-0.05, 0) is 43.3 Å². The molecule has 0 spiro atoms. The highest BCUT2D eigenvalue weighted by molar-refractivity contribution is 9.10. The number of carbonyl (C=O) groups is 1. The SMILES string of the molecule is COc1cc2c(cc1OC)C(=CC(C)Nc1ccc(Br)cc1)C(=O)N2. The zero-order valence-corrected chi connectivity index (χ0v) is 15.8. The average Bonchev–Trinajstić information content (AvgIpc) is 2.90. The number of hydrogen-bond acceptors (Lipinski definition) is 4. The van der Waals surface area contributed by atoms with Crippen LogP contribution in [0.2, 0.25) is 0 Å². The lowest BCUT2D eigenvalue weighted by atomic mass is 10.0. The minimum absolute atomic E-state index is 0.0269. The Morgan fingerprint density at radius 1 is 1.12 bits per heavy atom. The molecule has 25 heavy (non-hydrogen) atoms. The molecule has 2 aromatic carbocycles.